The maximum atomic E-state index is 12.1. The number of nitrogens with one attached hydrogen (secondary N) is 2. The third-order valence-corrected chi connectivity index (χ3v) is 3.42. The zero-order valence-corrected chi connectivity index (χ0v) is 13.9. The third kappa shape index (κ3) is 6.03. The summed E-state index contributed by atoms with van der Waals surface area (Å²) in [5.41, 5.74) is 0.435. The van der Waals surface area contributed by atoms with Crippen LogP contribution in [-0.4, -0.2) is 35.6 Å². The van der Waals surface area contributed by atoms with Crippen LogP contribution in [0.4, 0.5) is 0 Å². The molecule has 1 aromatic rings. The van der Waals surface area contributed by atoms with Crippen LogP contribution in [0.25, 0.3) is 0 Å². The number of aliphatic hydroxyl groups is 1. The molecule has 0 fully saturated rings. The summed E-state index contributed by atoms with van der Waals surface area (Å²) < 4.78 is 0. The largest absolute Gasteiger partial charge is 0.394 e. The Morgan fingerprint density at radius 3 is 2.23 bits per heavy atom. The molecule has 0 saturated carbocycles. The van der Waals surface area contributed by atoms with Crippen molar-refractivity contribution in [3.8, 4) is 0 Å². The van der Waals surface area contributed by atoms with Gasteiger partial charge >= 0.3 is 0 Å². The van der Waals surface area contributed by atoms with Gasteiger partial charge in [0.25, 0.3) is 5.91 Å². The minimum Gasteiger partial charge on any atom is -0.394 e. The van der Waals surface area contributed by atoms with Crippen molar-refractivity contribution in [1.82, 2.24) is 10.6 Å². The number of carbonyl (C=O) groups excluding carboxylic acids is 2. The van der Waals surface area contributed by atoms with E-state index in [4.69, 9.17) is 11.6 Å². The molecule has 3 N–H and O–H groups in total. The molecule has 0 aromatic heterocycles. The Morgan fingerprint density at radius 2 is 1.73 bits per heavy atom. The highest BCUT2D eigenvalue weighted by Crippen LogP contribution is 2.09. The average molecular weight is 327 g/mol. The summed E-state index contributed by atoms with van der Waals surface area (Å²) in [4.78, 5) is 24.1. The van der Waals surface area contributed by atoms with Crippen LogP contribution in [0, 0.1) is 5.92 Å². The maximum absolute atomic E-state index is 12.1. The topological polar surface area (TPSA) is 78.4 Å². The van der Waals surface area contributed by atoms with Crippen LogP contribution in [-0.2, 0) is 4.79 Å². The summed E-state index contributed by atoms with van der Waals surface area (Å²) >= 11 is 5.77. The molecule has 2 atom stereocenters. The zero-order valence-electron chi connectivity index (χ0n) is 13.1. The van der Waals surface area contributed by atoms with E-state index >= 15 is 0 Å². The van der Waals surface area contributed by atoms with Crippen molar-refractivity contribution in [3.63, 3.8) is 0 Å². The van der Waals surface area contributed by atoms with E-state index in [0.29, 0.717) is 22.9 Å². The van der Waals surface area contributed by atoms with E-state index in [1.165, 1.54) is 0 Å². The summed E-state index contributed by atoms with van der Waals surface area (Å²) in [5.74, 6) is -0.304. The molecule has 0 bridgehead atoms. The number of halogens is 1. The van der Waals surface area contributed by atoms with E-state index in [-0.39, 0.29) is 24.5 Å². The van der Waals surface area contributed by atoms with Crippen LogP contribution >= 0.6 is 11.6 Å². The number of hydrogen-bond acceptors (Lipinski definition) is 3. The van der Waals surface area contributed by atoms with Gasteiger partial charge < -0.3 is 15.7 Å². The number of hydrogen-bond donors (Lipinski definition) is 3. The normalized spacial score (nSPS) is 13.5. The van der Waals surface area contributed by atoms with Crippen LogP contribution < -0.4 is 10.6 Å². The van der Waals surface area contributed by atoms with Gasteiger partial charge in [0, 0.05) is 10.6 Å². The first-order valence-electron chi connectivity index (χ1n) is 7.31. The molecule has 0 aliphatic carbocycles. The molecule has 2 amide bonds. The molecule has 122 valence electrons. The van der Waals surface area contributed by atoms with Gasteiger partial charge in [-0.1, -0.05) is 25.4 Å². The van der Waals surface area contributed by atoms with Gasteiger partial charge in [-0.3, -0.25) is 9.59 Å². The molecule has 5 nitrogen and oxygen atoms in total. The number of aliphatic hydroxyl groups excluding tert-OH is 1. The molecule has 1 rings (SSSR count). The standard InChI is InChI=1S/C16H23ClN2O3/c1-10(2)8-14(9-20)19-15(21)11(3)18-16(22)12-4-6-13(17)7-5-12/h4-7,10-11,14,20H,8-9H2,1-3H3,(H,18,22)(H,19,21). The lowest BCUT2D eigenvalue weighted by molar-refractivity contribution is -0.123. The second-order valence-electron chi connectivity index (χ2n) is 5.72. The van der Waals surface area contributed by atoms with Crippen LogP contribution in [0.5, 0.6) is 0 Å². The highest BCUT2D eigenvalue weighted by atomic mass is 35.5. The molecule has 2 unspecified atom stereocenters. The SMILES string of the molecule is CC(C)CC(CO)NC(=O)C(C)NC(=O)c1ccc(Cl)cc1. The van der Waals surface area contributed by atoms with Crippen molar-refractivity contribution in [2.24, 2.45) is 5.92 Å². The Labute approximate surface area is 136 Å². The molecular weight excluding hydrogens is 304 g/mol. The van der Waals surface area contributed by atoms with Crippen LogP contribution in [0.2, 0.25) is 5.02 Å². The predicted molar refractivity (Wildman–Crippen MR) is 86.9 cm³/mol. The minimum absolute atomic E-state index is 0.123. The van der Waals surface area contributed by atoms with Crippen molar-refractivity contribution in [2.45, 2.75) is 39.3 Å². The van der Waals surface area contributed by atoms with Crippen LogP contribution in [0.1, 0.15) is 37.6 Å². The lowest BCUT2D eigenvalue weighted by atomic mass is 10.0. The van der Waals surface area contributed by atoms with Gasteiger partial charge in [0.05, 0.1) is 12.6 Å². The first-order chi connectivity index (χ1) is 10.3. The third-order valence-electron chi connectivity index (χ3n) is 3.17. The van der Waals surface area contributed by atoms with E-state index in [1.807, 2.05) is 13.8 Å². The lowest BCUT2D eigenvalue weighted by Crippen LogP contribution is -2.49. The smallest absolute Gasteiger partial charge is 0.251 e. The average Bonchev–Trinajstić information content (AvgIpc) is 2.46. The van der Waals surface area contributed by atoms with Gasteiger partial charge in [0.15, 0.2) is 0 Å². The van der Waals surface area contributed by atoms with E-state index in [1.54, 1.807) is 31.2 Å². The van der Waals surface area contributed by atoms with Crippen LogP contribution in [0.3, 0.4) is 0 Å². The quantitative estimate of drug-likeness (QED) is 0.717. The van der Waals surface area contributed by atoms with Crippen LogP contribution in [0.15, 0.2) is 24.3 Å². The van der Waals surface area contributed by atoms with Crippen molar-refractivity contribution in [1.29, 1.82) is 0 Å². The number of rotatable bonds is 7. The van der Waals surface area contributed by atoms with Gasteiger partial charge in [-0.15, -0.1) is 0 Å². The van der Waals surface area contributed by atoms with E-state index < -0.39 is 6.04 Å². The van der Waals surface area contributed by atoms with E-state index in [9.17, 15) is 14.7 Å². The summed E-state index contributed by atoms with van der Waals surface area (Å²) in [6.45, 7) is 5.51. The molecule has 0 heterocycles. The molecule has 1 aromatic carbocycles. The van der Waals surface area contributed by atoms with Crippen molar-refractivity contribution < 1.29 is 14.7 Å². The van der Waals surface area contributed by atoms with Gasteiger partial charge in [-0.25, -0.2) is 0 Å². The van der Waals surface area contributed by atoms with E-state index in [0.717, 1.165) is 0 Å². The van der Waals surface area contributed by atoms with Crippen molar-refractivity contribution in [2.75, 3.05) is 6.61 Å². The molecule has 6 heteroatoms. The monoisotopic (exact) mass is 326 g/mol. The Morgan fingerprint density at radius 1 is 1.14 bits per heavy atom. The summed E-state index contributed by atoms with van der Waals surface area (Å²) in [5, 5.41) is 15.2. The highest BCUT2D eigenvalue weighted by molar-refractivity contribution is 6.30. The minimum atomic E-state index is -0.690. The molecule has 0 aliphatic heterocycles. The Hall–Kier alpha value is -1.59. The Kier molecular flexibility index (Phi) is 7.35. The molecule has 0 spiro atoms. The second-order valence-corrected chi connectivity index (χ2v) is 6.16. The maximum Gasteiger partial charge on any atom is 0.251 e. The first kappa shape index (κ1) is 18.5. The summed E-state index contributed by atoms with van der Waals surface area (Å²) in [6.07, 6.45) is 0.681. The summed E-state index contributed by atoms with van der Waals surface area (Å²) in [6, 6.07) is 5.43. The van der Waals surface area contributed by atoms with Gasteiger partial charge in [-0.05, 0) is 43.5 Å². The molecule has 0 aliphatic rings. The fourth-order valence-electron chi connectivity index (χ4n) is 2.02. The molecular formula is C16H23ClN2O3. The fraction of sp³-hybridized carbons (Fsp3) is 0.500. The van der Waals surface area contributed by atoms with Gasteiger partial charge in [-0.2, -0.15) is 0 Å². The highest BCUT2D eigenvalue weighted by Gasteiger charge is 2.20. The number of benzene rings is 1. The fourth-order valence-corrected chi connectivity index (χ4v) is 2.15. The Balaban J connectivity index is 2.56. The predicted octanol–water partition coefficient (Wildman–Crippen LogP) is 1.98. The van der Waals surface area contributed by atoms with Gasteiger partial charge in [0.2, 0.25) is 5.91 Å². The summed E-state index contributed by atoms with van der Waals surface area (Å²) in [7, 11) is 0. The number of amides is 2. The molecule has 0 radical (unpaired) electrons. The van der Waals surface area contributed by atoms with Gasteiger partial charge in [0.1, 0.15) is 6.04 Å². The molecule has 22 heavy (non-hydrogen) atoms. The second kappa shape index (κ2) is 8.76. The zero-order chi connectivity index (χ0) is 16.7. The molecule has 0 saturated heterocycles. The lowest BCUT2D eigenvalue weighted by Gasteiger charge is -2.21. The van der Waals surface area contributed by atoms with E-state index in [2.05, 4.69) is 10.6 Å². The van der Waals surface area contributed by atoms with Crippen molar-refractivity contribution >= 4 is 23.4 Å². The first-order valence-corrected chi connectivity index (χ1v) is 7.69. The number of carbonyl (C=O) groups is 2. The Bertz CT molecular complexity index is 503. The van der Waals surface area contributed by atoms with Crippen molar-refractivity contribution in [3.05, 3.63) is 34.9 Å².